The van der Waals surface area contributed by atoms with Crippen molar-refractivity contribution >= 4 is 11.7 Å². The van der Waals surface area contributed by atoms with Gasteiger partial charge in [0.15, 0.2) is 0 Å². The lowest BCUT2D eigenvalue weighted by Gasteiger charge is -2.22. The molecule has 2 N–H and O–H groups in total. The monoisotopic (exact) mass is 579 g/mol. The first-order valence-electron chi connectivity index (χ1n) is 15.4. The third-order valence-electron chi connectivity index (χ3n) is 7.68. The molecule has 0 aliphatic rings. The zero-order valence-electron chi connectivity index (χ0n) is 26.4. The van der Waals surface area contributed by atoms with Crippen molar-refractivity contribution in [2.75, 3.05) is 18.5 Å². The minimum absolute atomic E-state index is 0.109. The van der Waals surface area contributed by atoms with E-state index in [1.54, 1.807) is 12.1 Å². The van der Waals surface area contributed by atoms with Crippen LogP contribution in [0.1, 0.15) is 91.1 Å². The van der Waals surface area contributed by atoms with Crippen molar-refractivity contribution in [3.63, 3.8) is 0 Å². The smallest absolute Gasteiger partial charge is 0.342 e. The van der Waals surface area contributed by atoms with E-state index in [0.29, 0.717) is 29.8 Å². The molecule has 0 atom stereocenters. The molecule has 0 aromatic heterocycles. The lowest BCUT2D eigenvalue weighted by atomic mass is 9.90. The summed E-state index contributed by atoms with van der Waals surface area (Å²) < 4.78 is 11.8. The van der Waals surface area contributed by atoms with E-state index in [0.717, 1.165) is 36.1 Å². The standard InChI is InChI=1S/C38H45NO4/c1-7-28-17-18-35(42-20-12-19-39-36-32(25(2)3)21-27(6)22-33(36)26(4)5)34(23-28)30-15-11-16-31(37(30)40)38(41)43-24-29-13-9-8-10-14-29/h8-11,13-18,21-23,25-26,39-40H,7,12,19-20,24H2,1-6H3. The molecule has 4 aromatic rings. The number of hydrogen-bond donors (Lipinski definition) is 2. The van der Waals surface area contributed by atoms with Crippen LogP contribution in [0, 0.1) is 6.92 Å². The summed E-state index contributed by atoms with van der Waals surface area (Å²) in [6.07, 6.45) is 1.64. The first-order valence-corrected chi connectivity index (χ1v) is 15.4. The minimum atomic E-state index is -0.568. The molecule has 4 rings (SSSR count). The average molecular weight is 580 g/mol. The van der Waals surface area contributed by atoms with Crippen LogP contribution in [0.3, 0.4) is 0 Å². The number of ether oxygens (including phenoxy) is 2. The van der Waals surface area contributed by atoms with E-state index >= 15 is 0 Å². The number of anilines is 1. The van der Waals surface area contributed by atoms with Crippen LogP contribution in [0.25, 0.3) is 11.1 Å². The number of aromatic hydroxyl groups is 1. The number of hydrogen-bond acceptors (Lipinski definition) is 5. The summed E-state index contributed by atoms with van der Waals surface area (Å²) in [5.41, 5.74) is 8.65. The number of nitrogens with one attached hydrogen (secondary N) is 1. The van der Waals surface area contributed by atoms with Gasteiger partial charge < -0.3 is 19.9 Å². The third kappa shape index (κ3) is 7.98. The number of para-hydroxylation sites is 1. The lowest BCUT2D eigenvalue weighted by Crippen LogP contribution is -2.12. The van der Waals surface area contributed by atoms with E-state index in [2.05, 4.69) is 59.0 Å². The number of phenolic OH excluding ortho intramolecular Hbond substituents is 1. The van der Waals surface area contributed by atoms with E-state index < -0.39 is 5.97 Å². The summed E-state index contributed by atoms with van der Waals surface area (Å²) >= 11 is 0. The van der Waals surface area contributed by atoms with Crippen LogP contribution in [-0.2, 0) is 17.8 Å². The minimum Gasteiger partial charge on any atom is -0.506 e. The van der Waals surface area contributed by atoms with Gasteiger partial charge in [0.05, 0.1) is 6.61 Å². The van der Waals surface area contributed by atoms with Gasteiger partial charge >= 0.3 is 5.97 Å². The molecule has 4 aromatic carbocycles. The Morgan fingerprint density at radius 1 is 0.837 bits per heavy atom. The molecule has 0 aliphatic heterocycles. The average Bonchev–Trinajstić information content (AvgIpc) is 3.00. The van der Waals surface area contributed by atoms with Crippen molar-refractivity contribution in [3.05, 3.63) is 112 Å². The van der Waals surface area contributed by atoms with Crippen LogP contribution in [0.5, 0.6) is 11.5 Å². The second kappa shape index (κ2) is 14.8. The van der Waals surface area contributed by atoms with Gasteiger partial charge in [0.2, 0.25) is 0 Å². The molecule has 0 bridgehead atoms. The van der Waals surface area contributed by atoms with Crippen LogP contribution in [0.15, 0.2) is 78.9 Å². The van der Waals surface area contributed by atoms with Crippen molar-refractivity contribution in [3.8, 4) is 22.6 Å². The number of aryl methyl sites for hydroxylation is 2. The maximum Gasteiger partial charge on any atom is 0.342 e. The Labute approximate surface area is 256 Å². The van der Waals surface area contributed by atoms with Crippen LogP contribution >= 0.6 is 0 Å². The quantitative estimate of drug-likeness (QED) is 0.122. The molecule has 5 nitrogen and oxygen atoms in total. The molecule has 0 saturated carbocycles. The molecule has 0 amide bonds. The predicted molar refractivity (Wildman–Crippen MR) is 176 cm³/mol. The van der Waals surface area contributed by atoms with Crippen LogP contribution in [-0.4, -0.2) is 24.2 Å². The Bertz CT molecular complexity index is 1500. The summed E-state index contributed by atoms with van der Waals surface area (Å²) in [4.78, 5) is 12.9. The van der Waals surface area contributed by atoms with E-state index in [9.17, 15) is 9.90 Å². The molecule has 0 fully saturated rings. The van der Waals surface area contributed by atoms with E-state index in [-0.39, 0.29) is 17.9 Å². The SMILES string of the molecule is CCc1ccc(OCCCNc2c(C(C)C)cc(C)cc2C(C)C)c(-c2cccc(C(=O)OCc3ccccc3)c2O)c1. The van der Waals surface area contributed by atoms with Gasteiger partial charge in [0.25, 0.3) is 0 Å². The number of rotatable bonds is 13. The van der Waals surface area contributed by atoms with Gasteiger partial charge in [-0.2, -0.15) is 0 Å². The van der Waals surface area contributed by atoms with Gasteiger partial charge in [-0.1, -0.05) is 101 Å². The van der Waals surface area contributed by atoms with E-state index in [1.165, 1.54) is 22.4 Å². The van der Waals surface area contributed by atoms with E-state index in [1.807, 2.05) is 54.6 Å². The molecule has 0 heterocycles. The Morgan fingerprint density at radius 3 is 2.19 bits per heavy atom. The number of phenols is 1. The van der Waals surface area contributed by atoms with Crippen molar-refractivity contribution in [2.45, 2.75) is 72.8 Å². The molecule has 0 unspecified atom stereocenters. The summed E-state index contributed by atoms with van der Waals surface area (Å²) in [5.74, 6) is 0.844. The number of carbonyl (C=O) groups is 1. The summed E-state index contributed by atoms with van der Waals surface area (Å²) in [6.45, 7) is 14.6. The topological polar surface area (TPSA) is 67.8 Å². The number of carbonyl (C=O) groups excluding carboxylic acids is 1. The highest BCUT2D eigenvalue weighted by molar-refractivity contribution is 5.96. The highest BCUT2D eigenvalue weighted by Gasteiger charge is 2.20. The molecule has 5 heteroatoms. The first kappa shape index (κ1) is 31.7. The van der Waals surface area contributed by atoms with E-state index in [4.69, 9.17) is 9.47 Å². The maximum absolute atomic E-state index is 12.9. The van der Waals surface area contributed by atoms with Gasteiger partial charge in [-0.05, 0) is 72.1 Å². The summed E-state index contributed by atoms with van der Waals surface area (Å²) in [6, 6.07) is 25.3. The zero-order valence-corrected chi connectivity index (χ0v) is 26.4. The number of esters is 1. The fourth-order valence-electron chi connectivity index (χ4n) is 5.29. The fraction of sp³-hybridized carbons (Fsp3) is 0.342. The molecule has 0 aliphatic carbocycles. The Hall–Kier alpha value is -4.25. The molecule has 0 radical (unpaired) electrons. The van der Waals surface area contributed by atoms with Gasteiger partial charge in [-0.25, -0.2) is 4.79 Å². The van der Waals surface area contributed by atoms with Crippen LogP contribution in [0.4, 0.5) is 5.69 Å². The van der Waals surface area contributed by atoms with Gasteiger partial charge in [0.1, 0.15) is 23.7 Å². The Morgan fingerprint density at radius 2 is 1.53 bits per heavy atom. The Balaban J connectivity index is 1.48. The highest BCUT2D eigenvalue weighted by atomic mass is 16.5. The van der Waals surface area contributed by atoms with Crippen molar-refractivity contribution in [1.82, 2.24) is 0 Å². The molecular weight excluding hydrogens is 534 g/mol. The van der Waals surface area contributed by atoms with Gasteiger partial charge in [-0.3, -0.25) is 0 Å². The predicted octanol–water partition coefficient (Wildman–Crippen LogP) is 9.41. The number of benzene rings is 4. The second-order valence-electron chi connectivity index (χ2n) is 11.7. The lowest BCUT2D eigenvalue weighted by molar-refractivity contribution is 0.0469. The Kier molecular flexibility index (Phi) is 10.9. The maximum atomic E-state index is 12.9. The largest absolute Gasteiger partial charge is 0.506 e. The van der Waals surface area contributed by atoms with Crippen LogP contribution < -0.4 is 10.1 Å². The van der Waals surface area contributed by atoms with Gasteiger partial charge in [0, 0.05) is 23.4 Å². The molecular formula is C38H45NO4. The zero-order chi connectivity index (χ0) is 30.9. The first-order chi connectivity index (χ1) is 20.7. The van der Waals surface area contributed by atoms with Crippen molar-refractivity contribution in [1.29, 1.82) is 0 Å². The molecule has 0 saturated heterocycles. The third-order valence-corrected chi connectivity index (χ3v) is 7.68. The second-order valence-corrected chi connectivity index (χ2v) is 11.7. The fourth-order valence-corrected chi connectivity index (χ4v) is 5.29. The molecule has 0 spiro atoms. The summed E-state index contributed by atoms with van der Waals surface area (Å²) in [7, 11) is 0. The highest BCUT2D eigenvalue weighted by Crippen LogP contribution is 2.39. The normalized spacial score (nSPS) is 11.2. The van der Waals surface area contributed by atoms with Gasteiger partial charge in [-0.15, -0.1) is 0 Å². The summed E-state index contributed by atoms with van der Waals surface area (Å²) in [5, 5.41) is 14.9. The van der Waals surface area contributed by atoms with Crippen molar-refractivity contribution in [2.24, 2.45) is 0 Å². The molecule has 226 valence electrons. The molecule has 43 heavy (non-hydrogen) atoms. The van der Waals surface area contributed by atoms with Crippen molar-refractivity contribution < 1.29 is 19.4 Å². The van der Waals surface area contributed by atoms with Crippen LogP contribution in [0.2, 0.25) is 0 Å².